The molecule has 468 valence electrons. The van der Waals surface area contributed by atoms with Gasteiger partial charge in [-0.1, -0.05) is 231 Å². The number of hydrogen-bond acceptors (Lipinski definition) is 6. The predicted molar refractivity (Wildman–Crippen MR) is 405 cm³/mol. The van der Waals surface area contributed by atoms with Crippen LogP contribution in [-0.2, 0) is 12.8 Å². The first-order valence-corrected chi connectivity index (χ1v) is 33.7. The van der Waals surface area contributed by atoms with Crippen LogP contribution in [-0.4, -0.2) is 27.9 Å². The van der Waals surface area contributed by atoms with Crippen molar-refractivity contribution in [3.63, 3.8) is 0 Å². The van der Waals surface area contributed by atoms with E-state index in [0.717, 1.165) is 180 Å². The van der Waals surface area contributed by atoms with Gasteiger partial charge in [0.2, 0.25) is 0 Å². The summed E-state index contributed by atoms with van der Waals surface area (Å²) in [5.41, 5.74) is 29.7. The Bertz CT molecular complexity index is 5660. The number of amides is 1. The lowest BCUT2D eigenvalue weighted by atomic mass is 9.89. The fraction of sp³-hybridized carbons (Fsp3) is 0.0435. The monoisotopic (exact) mass is 1270 g/mol. The van der Waals surface area contributed by atoms with Crippen LogP contribution < -0.4 is 4.90 Å². The van der Waals surface area contributed by atoms with Crippen LogP contribution >= 0.6 is 0 Å². The summed E-state index contributed by atoms with van der Waals surface area (Å²) in [6.07, 6.45) is 9.13. The summed E-state index contributed by atoms with van der Waals surface area (Å²) in [4.78, 5) is 32.1. The predicted octanol–water partition coefficient (Wildman–Crippen LogP) is 23.8. The highest BCUT2D eigenvalue weighted by Crippen LogP contribution is 2.43. The van der Waals surface area contributed by atoms with Crippen LogP contribution in [0.4, 0.5) is 5.69 Å². The molecule has 17 aromatic rings. The van der Waals surface area contributed by atoms with Gasteiger partial charge in [-0.15, -0.1) is 0 Å². The Hall–Kier alpha value is -12.8. The number of benzene rings is 12. The molecule has 5 aromatic heterocycles. The highest BCUT2D eigenvalue weighted by molar-refractivity contribution is 6.11. The quantitative estimate of drug-likeness (QED) is 0.114. The third-order valence-corrected chi connectivity index (χ3v) is 19.8. The van der Waals surface area contributed by atoms with Gasteiger partial charge >= 0.3 is 0 Å². The minimum atomic E-state index is -0.158. The molecule has 1 amide bonds. The Morgan fingerprint density at radius 3 is 1.18 bits per heavy atom. The molecule has 0 N–H and O–H groups in total. The minimum Gasteiger partial charge on any atom is -0.455 e. The van der Waals surface area contributed by atoms with E-state index in [1.54, 1.807) is 4.90 Å². The summed E-state index contributed by atoms with van der Waals surface area (Å²) in [6, 6.07) is 106. The van der Waals surface area contributed by atoms with E-state index in [1.807, 2.05) is 74.2 Å². The summed E-state index contributed by atoms with van der Waals surface area (Å²) < 4.78 is 12.8. The number of nitrogens with zero attached hydrogens (tertiary/aromatic N) is 4. The summed E-state index contributed by atoms with van der Waals surface area (Å²) in [6.45, 7) is 0. The van der Waals surface area contributed by atoms with Crippen LogP contribution in [0.5, 0.6) is 0 Å². The van der Waals surface area contributed by atoms with E-state index in [0.29, 0.717) is 11.3 Å². The van der Waals surface area contributed by atoms with Crippen LogP contribution in [0.1, 0.15) is 27.9 Å². The van der Waals surface area contributed by atoms with Gasteiger partial charge in [0, 0.05) is 85.5 Å². The van der Waals surface area contributed by atoms with E-state index >= 15 is 4.79 Å². The number of aryl methyl sites for hydroxylation is 2. The van der Waals surface area contributed by atoms with Crippen molar-refractivity contribution in [3.8, 4) is 123 Å². The van der Waals surface area contributed by atoms with Gasteiger partial charge in [0.1, 0.15) is 22.3 Å². The number of aromatic nitrogens is 3. The Morgan fingerprint density at radius 1 is 0.303 bits per heavy atom. The smallest absolute Gasteiger partial charge is 0.258 e. The van der Waals surface area contributed by atoms with Crippen molar-refractivity contribution in [2.75, 3.05) is 11.9 Å². The summed E-state index contributed by atoms with van der Waals surface area (Å²) in [5, 5.41) is 4.47. The van der Waals surface area contributed by atoms with Crippen LogP contribution in [0.3, 0.4) is 0 Å². The first-order chi connectivity index (χ1) is 48.8. The molecule has 0 atom stereocenters. The molecule has 0 bridgehead atoms. The number of rotatable bonds is 13. The van der Waals surface area contributed by atoms with Crippen molar-refractivity contribution in [2.24, 2.45) is 0 Å². The zero-order valence-electron chi connectivity index (χ0n) is 54.2. The molecule has 0 spiro atoms. The standard InChI is InChI=1S/C92H62N4O3/c1-96(74-45-48-87(95-57-74)68-42-37-58-15-10-16-63(58)51-68)92(97)73-53-71(77-23-4-2-21-75(77)69-43-46-85(93-55-69)66-19-11-17-64(49-66)59-33-38-61(39-34-59)79-27-13-29-83-81-25-6-8-31-88(81)98-90(79)83)52-72(54-73)78-24-5-3-22-76(78)70-44-47-86(94-56-70)67-20-12-18-65(50-67)60-35-40-62(41-36-60)80-28-14-30-84-82-26-7-9-32-89(82)99-91(80)84/h2-9,11-14,17-57H,10,15-16H2,1H3. The van der Waals surface area contributed by atoms with Crippen LogP contribution in [0.2, 0.25) is 0 Å². The average Bonchev–Trinajstić information content (AvgIpc) is 1.65. The minimum absolute atomic E-state index is 0.158. The molecule has 1 aliphatic carbocycles. The number of hydrogen-bond donors (Lipinski definition) is 0. The Labute approximate surface area is 573 Å². The number of carbonyl (C=O) groups is 1. The molecule has 0 fully saturated rings. The fourth-order valence-electron chi connectivity index (χ4n) is 14.6. The van der Waals surface area contributed by atoms with E-state index in [4.69, 9.17) is 23.8 Å². The fourth-order valence-corrected chi connectivity index (χ4v) is 14.6. The molecular formula is C92H62N4O3. The number of para-hydroxylation sites is 4. The summed E-state index contributed by atoms with van der Waals surface area (Å²) in [7, 11) is 1.83. The van der Waals surface area contributed by atoms with Crippen LogP contribution in [0.15, 0.2) is 331 Å². The summed E-state index contributed by atoms with van der Waals surface area (Å²) in [5.74, 6) is -0.158. The zero-order chi connectivity index (χ0) is 65.9. The average molecular weight is 1270 g/mol. The lowest BCUT2D eigenvalue weighted by Crippen LogP contribution is -2.26. The molecule has 7 heteroatoms. The van der Waals surface area contributed by atoms with Gasteiger partial charge in [0.15, 0.2) is 0 Å². The number of anilines is 1. The van der Waals surface area contributed by atoms with Crippen molar-refractivity contribution in [2.45, 2.75) is 19.3 Å². The maximum Gasteiger partial charge on any atom is 0.258 e. The number of pyridine rings is 3. The number of fused-ring (bicyclic) bond motifs is 7. The van der Waals surface area contributed by atoms with Gasteiger partial charge in [0.25, 0.3) is 5.91 Å². The van der Waals surface area contributed by atoms with Crippen molar-refractivity contribution in [1.82, 2.24) is 15.0 Å². The number of furan rings is 2. The first-order valence-electron chi connectivity index (χ1n) is 33.7. The van der Waals surface area contributed by atoms with Crippen LogP contribution in [0.25, 0.3) is 167 Å². The lowest BCUT2D eigenvalue weighted by molar-refractivity contribution is 0.0993. The SMILES string of the molecule is CN(C(=O)c1cc(-c2ccccc2-c2ccc(-c3cccc(-c4ccc(-c5cccc6c5oc5ccccc56)cc4)c3)nc2)cc(-c2ccccc2-c2ccc(-c3cccc(-c4ccc(-c5cccc6c5oc5ccccc56)cc4)c3)nc2)c1)c1ccc(-c2ccc3c(c2)CCC3)nc1. The Morgan fingerprint density at radius 2 is 0.687 bits per heavy atom. The summed E-state index contributed by atoms with van der Waals surface area (Å²) >= 11 is 0. The van der Waals surface area contributed by atoms with Gasteiger partial charge in [0.05, 0.1) is 29.0 Å². The number of carbonyl (C=O) groups excluding carboxylic acids is 1. The molecule has 0 aliphatic heterocycles. The van der Waals surface area contributed by atoms with Crippen LogP contribution in [0, 0.1) is 0 Å². The molecule has 7 nitrogen and oxygen atoms in total. The van der Waals surface area contributed by atoms with Gasteiger partial charge in [-0.3, -0.25) is 19.7 Å². The third kappa shape index (κ3) is 10.9. The van der Waals surface area contributed by atoms with Crippen molar-refractivity contribution < 1.29 is 13.6 Å². The maximum absolute atomic E-state index is 15.2. The van der Waals surface area contributed by atoms with Gasteiger partial charge in [-0.05, 0) is 170 Å². The second-order valence-corrected chi connectivity index (χ2v) is 25.7. The molecule has 1 aliphatic rings. The molecule has 0 unspecified atom stereocenters. The largest absolute Gasteiger partial charge is 0.455 e. The Kier molecular flexibility index (Phi) is 14.7. The normalized spacial score (nSPS) is 12.0. The van der Waals surface area contributed by atoms with E-state index < -0.39 is 0 Å². The van der Waals surface area contributed by atoms with Crippen molar-refractivity contribution >= 4 is 55.5 Å². The Balaban J connectivity index is 0.651. The van der Waals surface area contributed by atoms with E-state index in [1.165, 1.54) is 17.5 Å². The highest BCUT2D eigenvalue weighted by Gasteiger charge is 2.22. The third-order valence-electron chi connectivity index (χ3n) is 19.8. The molecule has 0 saturated heterocycles. The van der Waals surface area contributed by atoms with Gasteiger partial charge in [-0.25, -0.2) is 0 Å². The zero-order valence-corrected chi connectivity index (χ0v) is 54.2. The maximum atomic E-state index is 15.2. The van der Waals surface area contributed by atoms with Gasteiger partial charge in [-0.2, -0.15) is 0 Å². The molecule has 0 saturated carbocycles. The molecule has 99 heavy (non-hydrogen) atoms. The molecule has 0 radical (unpaired) electrons. The second-order valence-electron chi connectivity index (χ2n) is 25.7. The lowest BCUT2D eigenvalue weighted by Gasteiger charge is -2.20. The second kappa shape index (κ2) is 24.7. The van der Waals surface area contributed by atoms with Gasteiger partial charge < -0.3 is 13.7 Å². The first kappa shape index (κ1) is 58.7. The van der Waals surface area contributed by atoms with Crippen molar-refractivity contribution in [3.05, 3.63) is 339 Å². The van der Waals surface area contributed by atoms with E-state index in [-0.39, 0.29) is 5.91 Å². The van der Waals surface area contributed by atoms with Crippen molar-refractivity contribution in [1.29, 1.82) is 0 Å². The molecular weight excluding hydrogens is 1210 g/mol. The molecule has 18 rings (SSSR count). The molecule has 5 heterocycles. The van der Waals surface area contributed by atoms with E-state index in [9.17, 15) is 0 Å². The molecule has 12 aromatic carbocycles. The van der Waals surface area contributed by atoms with E-state index in [2.05, 4.69) is 255 Å². The topological polar surface area (TPSA) is 85.3 Å². The highest BCUT2D eigenvalue weighted by atomic mass is 16.3.